The van der Waals surface area contributed by atoms with Crippen molar-refractivity contribution in [3.05, 3.63) is 213 Å². The molecule has 9 aliphatic heterocycles. The van der Waals surface area contributed by atoms with Crippen molar-refractivity contribution < 1.29 is 4.39 Å². The Morgan fingerprint density at radius 3 is 1.07 bits per heavy atom. The number of H-pyrrole nitrogens is 4. The number of hydrogen-bond acceptors (Lipinski definition) is 20. The second-order valence-corrected chi connectivity index (χ2v) is 36.4. The third-order valence-corrected chi connectivity index (χ3v) is 28.3. The van der Waals surface area contributed by atoms with Gasteiger partial charge in [0.2, 0.25) is 0 Å². The third kappa shape index (κ3) is 19.1. The number of aromatic amines is 4. The van der Waals surface area contributed by atoms with Gasteiger partial charge in [0.25, 0.3) is 0 Å². The summed E-state index contributed by atoms with van der Waals surface area (Å²) in [6, 6.07) is 41.5. The van der Waals surface area contributed by atoms with Crippen LogP contribution in [-0.2, 0) is 0 Å². The Morgan fingerprint density at radius 2 is 0.715 bits per heavy atom. The van der Waals surface area contributed by atoms with Gasteiger partial charge in [0.15, 0.2) is 0 Å². The topological polar surface area (TPSA) is 240 Å². The summed E-state index contributed by atoms with van der Waals surface area (Å²) in [6.45, 7) is 30.7. The molecule has 9 atom stereocenters. The molecular formula is C95H120Cl3FN24. The molecular weight excluding hydrogens is 1600 g/mol. The van der Waals surface area contributed by atoms with Gasteiger partial charge < -0.3 is 49.3 Å². The van der Waals surface area contributed by atoms with E-state index in [1.807, 2.05) is 61.9 Å². The van der Waals surface area contributed by atoms with Crippen molar-refractivity contribution in [1.29, 1.82) is 0 Å². The van der Waals surface area contributed by atoms with E-state index in [9.17, 15) is 4.39 Å². The number of aryl methyl sites for hydroxylation is 1. The molecule has 0 radical (unpaired) electrons. The number of piperidine rings is 4. The van der Waals surface area contributed by atoms with Crippen LogP contribution in [0.3, 0.4) is 0 Å². The minimum Gasteiger partial charge on any atom is -0.367 e. The highest BCUT2D eigenvalue weighted by Gasteiger charge is 2.36. The Hall–Kier alpha value is -8.96. The number of anilines is 4. The number of benzene rings is 4. The molecule has 0 spiro atoms. The maximum atomic E-state index is 13.5. The molecule has 8 N–H and O–H groups in total. The second-order valence-electron chi connectivity index (χ2n) is 35.2. The van der Waals surface area contributed by atoms with E-state index < -0.39 is 0 Å². The van der Waals surface area contributed by atoms with Gasteiger partial charge in [-0.3, -0.25) is 51.0 Å². The van der Waals surface area contributed by atoms with Crippen LogP contribution in [0.25, 0.3) is 44.1 Å². The standard InChI is InChI=1S/C24H29ClN6.C24H31ClN6.C24H31FN6.C23H29ClN6/c25-17-6-3-11-26-22(17)18-7-1-9-20(27-18)24-28-19-8-2-10-21(23(19)29-24)31-14-13-30-12-4-5-16(30)15-31;1-16(2)30-12-14-31(15-13-30)21-10-4-8-19-23(21)29-24(28-19)20-9-3-7-18(27-20)22-17(25)6-5-11-26-22;1-3-30-10-12-31(13-11-30)21-9-5-7-19-23(21)29-24(28-19)20-8-4-6-18(27-20)22-16(2)14-17(25)15-26-22;1-2-29-12-14-30(15-13-29)20-10-4-8-18-22(20)28-23(27-18)19-9-3-7-17(26-19)21-16(24)6-5-11-25-21/h2-3,6,8,10-11,16,18,20,27H,1,4-5,7,9,12-15H2,(H,28,29);4-6,8,10-11,16,18,20,27H,3,7,9,12-15H2,1-2H3,(H,28,29);5,7,9,14-15,18,20,27H,3-4,6,8,10-13H2,1-2H3,(H,28,29);4-6,8,10-11,17,19,26H,2-3,7,9,12-15H2,1H3,(H,27,28)/t16?,18-,20+;2*18-,20+;17-,19+/m0000/s1. The first-order valence-electron chi connectivity index (χ1n) is 45.6. The number of piperazine rings is 4. The van der Waals surface area contributed by atoms with Crippen LogP contribution < -0.4 is 40.9 Å². The highest BCUT2D eigenvalue weighted by molar-refractivity contribution is 6.31. The molecule has 8 aromatic heterocycles. The number of halogens is 4. The van der Waals surface area contributed by atoms with E-state index in [1.165, 1.54) is 48.3 Å². The fraction of sp³-hybridized carbons (Fsp3) is 0.495. The summed E-state index contributed by atoms with van der Waals surface area (Å²) in [6.07, 6.45) is 22.2. The van der Waals surface area contributed by atoms with Gasteiger partial charge in [0, 0.05) is 129 Å². The van der Waals surface area contributed by atoms with Crippen LogP contribution in [0.5, 0.6) is 0 Å². The van der Waals surface area contributed by atoms with Crippen LogP contribution in [0.4, 0.5) is 27.1 Å². The number of hydrogen-bond donors (Lipinski definition) is 8. The molecule has 0 saturated carbocycles. The zero-order valence-corrected chi connectivity index (χ0v) is 74.1. The number of nitrogens with zero attached hydrogens (tertiary/aromatic N) is 16. The Kier molecular flexibility index (Phi) is 26.8. The molecule has 21 rings (SSSR count). The number of nitrogens with one attached hydrogen (secondary N) is 8. The molecule has 28 heteroatoms. The Bertz CT molecular complexity index is 5530. The summed E-state index contributed by atoms with van der Waals surface area (Å²) >= 11 is 19.3. The van der Waals surface area contributed by atoms with E-state index in [0.29, 0.717) is 12.1 Å². The van der Waals surface area contributed by atoms with Crippen molar-refractivity contribution in [1.82, 2.24) is 101 Å². The van der Waals surface area contributed by atoms with E-state index >= 15 is 0 Å². The first-order chi connectivity index (χ1) is 60.2. The normalized spacial score (nSPS) is 24.0. The van der Waals surface area contributed by atoms with Gasteiger partial charge in [-0.25, -0.2) is 24.3 Å². The molecule has 12 aromatic rings. The Labute approximate surface area is 737 Å². The van der Waals surface area contributed by atoms with E-state index in [-0.39, 0.29) is 54.2 Å². The minimum atomic E-state index is -0.279. The third-order valence-electron chi connectivity index (χ3n) is 27.3. The zero-order valence-electron chi connectivity index (χ0n) is 71.8. The monoisotopic (exact) mass is 1720 g/mol. The molecule has 24 nitrogen and oxygen atoms in total. The molecule has 123 heavy (non-hydrogen) atoms. The molecule has 0 amide bonds. The van der Waals surface area contributed by atoms with Crippen molar-refractivity contribution in [2.75, 3.05) is 137 Å². The lowest BCUT2D eigenvalue weighted by Gasteiger charge is -2.38. The highest BCUT2D eigenvalue weighted by Crippen LogP contribution is 2.42. The molecule has 1 unspecified atom stereocenters. The van der Waals surface area contributed by atoms with E-state index in [4.69, 9.17) is 54.7 Å². The maximum absolute atomic E-state index is 13.5. The number of imidazole rings is 4. The number of likely N-dealkylation sites (N-methyl/N-ethyl adjacent to an activating group) is 2. The smallest absolute Gasteiger partial charge is 0.141 e. The van der Waals surface area contributed by atoms with Crippen molar-refractivity contribution in [3.63, 3.8) is 0 Å². The predicted octanol–water partition coefficient (Wildman–Crippen LogP) is 17.6. The van der Waals surface area contributed by atoms with E-state index in [1.54, 1.807) is 6.07 Å². The highest BCUT2D eigenvalue weighted by atomic mass is 35.5. The minimum absolute atomic E-state index is 0.120. The first kappa shape index (κ1) is 84.9. The number of para-hydroxylation sites is 4. The van der Waals surface area contributed by atoms with Crippen molar-refractivity contribution in [3.8, 4) is 0 Å². The van der Waals surface area contributed by atoms with Crippen molar-refractivity contribution >= 4 is 102 Å². The van der Waals surface area contributed by atoms with Gasteiger partial charge in [0.05, 0.1) is 137 Å². The summed E-state index contributed by atoms with van der Waals surface area (Å²) in [5, 5.41) is 17.2. The molecule has 648 valence electrons. The molecule has 0 aliphatic carbocycles. The van der Waals surface area contributed by atoms with Gasteiger partial charge >= 0.3 is 0 Å². The fourth-order valence-electron chi connectivity index (χ4n) is 20.5. The fourth-order valence-corrected chi connectivity index (χ4v) is 21.2. The van der Waals surface area contributed by atoms with Gasteiger partial charge in [-0.05, 0) is 227 Å². The lowest BCUT2D eigenvalue weighted by atomic mass is 9.94. The van der Waals surface area contributed by atoms with Crippen LogP contribution in [0.2, 0.25) is 15.1 Å². The number of rotatable bonds is 15. The van der Waals surface area contributed by atoms with Gasteiger partial charge in [-0.2, -0.15) is 0 Å². The SMILES string of the molecule is CC(C)N1CCN(c2cccc3[nH]c([C@H]4CCC[C@@H](c5ncccc5Cl)N4)nc23)CC1.CCN1CCN(c2cccc3[nH]c([C@H]4CCC[C@@H](c5ncc(F)cc5C)N4)nc23)CC1.CCN1CCN(c2cccc3[nH]c([C@H]4CCC[C@@H](c5ncccc5Cl)N4)nc23)CC1.Clc1cccnc1[C@@H]1CCC[C@H](c2nc3c(N4CCN5CCCC5C4)cccc3[nH]2)N1. The van der Waals surface area contributed by atoms with Gasteiger partial charge in [-0.15, -0.1) is 0 Å². The Balaban J connectivity index is 0.000000112. The van der Waals surface area contributed by atoms with E-state index in [2.05, 4.69) is 201 Å². The summed E-state index contributed by atoms with van der Waals surface area (Å²) in [5.74, 6) is 3.76. The molecule has 9 aliphatic rings. The largest absolute Gasteiger partial charge is 0.367 e. The summed E-state index contributed by atoms with van der Waals surface area (Å²) in [5.41, 5.74) is 18.4. The number of pyridine rings is 4. The van der Waals surface area contributed by atoms with Crippen LogP contribution in [-0.4, -0.2) is 209 Å². The molecule has 9 fully saturated rings. The first-order valence-corrected chi connectivity index (χ1v) is 46.7. The van der Waals surface area contributed by atoms with Gasteiger partial charge in [0.1, 0.15) is 51.2 Å². The molecule has 4 aromatic carbocycles. The van der Waals surface area contributed by atoms with Crippen LogP contribution in [0.1, 0.15) is 218 Å². The van der Waals surface area contributed by atoms with E-state index in [0.717, 1.165) is 299 Å². The summed E-state index contributed by atoms with van der Waals surface area (Å²) in [7, 11) is 0. The average molecular weight is 1720 g/mol. The van der Waals surface area contributed by atoms with Crippen LogP contribution in [0, 0.1) is 12.7 Å². The lowest BCUT2D eigenvalue weighted by Crippen LogP contribution is -2.50. The van der Waals surface area contributed by atoms with Crippen LogP contribution >= 0.6 is 34.8 Å². The summed E-state index contributed by atoms with van der Waals surface area (Å²) < 4.78 is 13.5. The van der Waals surface area contributed by atoms with Crippen molar-refractivity contribution in [2.45, 2.75) is 185 Å². The maximum Gasteiger partial charge on any atom is 0.141 e. The molecule has 0 bridgehead atoms. The summed E-state index contributed by atoms with van der Waals surface area (Å²) in [4.78, 5) is 72.8. The number of fused-ring (bicyclic) bond motifs is 5. The van der Waals surface area contributed by atoms with Gasteiger partial charge in [-0.1, -0.05) is 72.9 Å². The number of aromatic nitrogens is 12. The molecule has 17 heterocycles. The Morgan fingerprint density at radius 1 is 0.374 bits per heavy atom. The average Bonchev–Trinajstić information content (AvgIpc) is 1.66. The van der Waals surface area contributed by atoms with Crippen molar-refractivity contribution in [2.24, 2.45) is 0 Å². The quantitative estimate of drug-likeness (QED) is 0.0476. The molecule has 9 saturated heterocycles. The lowest BCUT2D eigenvalue weighted by molar-refractivity contribution is 0.209. The predicted molar refractivity (Wildman–Crippen MR) is 495 cm³/mol. The zero-order chi connectivity index (χ0) is 84.0. The van der Waals surface area contributed by atoms with Crippen LogP contribution in [0.15, 0.2) is 140 Å². The second kappa shape index (κ2) is 38.9.